The quantitative estimate of drug-likeness (QED) is 0.908. The third-order valence-electron chi connectivity index (χ3n) is 4.81. The molecule has 0 bridgehead atoms. The van der Waals surface area contributed by atoms with Gasteiger partial charge in [0.25, 0.3) is 0 Å². The van der Waals surface area contributed by atoms with Gasteiger partial charge in [-0.05, 0) is 37.5 Å². The molecule has 5 nitrogen and oxygen atoms in total. The summed E-state index contributed by atoms with van der Waals surface area (Å²) < 4.78 is 16.1. The summed E-state index contributed by atoms with van der Waals surface area (Å²) in [5.74, 6) is -0.320. The zero-order valence-corrected chi connectivity index (χ0v) is 14.7. The van der Waals surface area contributed by atoms with E-state index < -0.39 is 0 Å². The first kappa shape index (κ1) is 17.4. The maximum absolute atomic E-state index is 14.3. The first-order valence-corrected chi connectivity index (χ1v) is 8.80. The third-order valence-corrected chi connectivity index (χ3v) is 4.81. The highest BCUT2D eigenvalue weighted by Crippen LogP contribution is 2.26. The van der Waals surface area contributed by atoms with E-state index >= 15 is 0 Å². The summed E-state index contributed by atoms with van der Waals surface area (Å²) in [6.07, 6.45) is 7.02. The molecule has 25 heavy (non-hydrogen) atoms. The standard InChI is InChI=1S/C19H24FN5/c1-3-18(15-11-22-24(2)12-15)23-16-5-4-8-25(13-16)19-7-6-14(10-21)9-17(19)20/h6-7,9,11-12,16,18,23H,3-5,8,13H2,1-2H3/t16-,18-/m0/s1. The molecule has 1 aromatic heterocycles. The summed E-state index contributed by atoms with van der Waals surface area (Å²) in [7, 11) is 1.92. The molecule has 0 spiro atoms. The van der Waals surface area contributed by atoms with Crippen LogP contribution in [0, 0.1) is 17.1 Å². The fourth-order valence-corrected chi connectivity index (χ4v) is 3.52. The van der Waals surface area contributed by atoms with E-state index in [0.29, 0.717) is 17.3 Å². The predicted molar refractivity (Wildman–Crippen MR) is 95.7 cm³/mol. The highest BCUT2D eigenvalue weighted by Gasteiger charge is 2.24. The second kappa shape index (κ2) is 7.66. The topological polar surface area (TPSA) is 56.9 Å². The molecule has 1 saturated heterocycles. The Hall–Kier alpha value is -2.39. The van der Waals surface area contributed by atoms with Crippen molar-refractivity contribution in [3.63, 3.8) is 0 Å². The number of nitriles is 1. The lowest BCUT2D eigenvalue weighted by Gasteiger charge is -2.36. The normalized spacial score (nSPS) is 18.8. The van der Waals surface area contributed by atoms with Gasteiger partial charge < -0.3 is 10.2 Å². The molecule has 0 unspecified atom stereocenters. The number of aromatic nitrogens is 2. The summed E-state index contributed by atoms with van der Waals surface area (Å²) in [4.78, 5) is 2.08. The number of halogens is 1. The summed E-state index contributed by atoms with van der Waals surface area (Å²) >= 11 is 0. The van der Waals surface area contributed by atoms with E-state index in [1.165, 1.54) is 11.6 Å². The first-order valence-electron chi connectivity index (χ1n) is 8.80. The molecule has 3 rings (SSSR count). The van der Waals surface area contributed by atoms with Crippen LogP contribution in [0.3, 0.4) is 0 Å². The van der Waals surface area contributed by atoms with Crippen molar-refractivity contribution in [2.75, 3.05) is 18.0 Å². The molecule has 1 aliphatic rings. The molecule has 2 heterocycles. The zero-order chi connectivity index (χ0) is 17.8. The average molecular weight is 341 g/mol. The number of hydrogen-bond donors (Lipinski definition) is 1. The molecule has 2 atom stereocenters. The molecule has 0 amide bonds. The maximum Gasteiger partial charge on any atom is 0.147 e. The maximum atomic E-state index is 14.3. The zero-order valence-electron chi connectivity index (χ0n) is 14.7. The molecule has 0 saturated carbocycles. The Labute approximate surface area is 148 Å². The van der Waals surface area contributed by atoms with Crippen LogP contribution in [0.4, 0.5) is 10.1 Å². The minimum absolute atomic E-state index is 0.254. The van der Waals surface area contributed by atoms with Crippen LogP contribution in [0.15, 0.2) is 30.6 Å². The molecule has 0 aliphatic carbocycles. The molecule has 6 heteroatoms. The second-order valence-corrected chi connectivity index (χ2v) is 6.64. The number of aryl methyl sites for hydroxylation is 1. The lowest BCUT2D eigenvalue weighted by atomic mass is 10.0. The average Bonchev–Trinajstić information content (AvgIpc) is 3.06. The lowest BCUT2D eigenvalue weighted by molar-refractivity contribution is 0.370. The van der Waals surface area contributed by atoms with Crippen molar-refractivity contribution in [2.24, 2.45) is 7.05 Å². The monoisotopic (exact) mass is 341 g/mol. The van der Waals surface area contributed by atoms with Crippen LogP contribution >= 0.6 is 0 Å². The van der Waals surface area contributed by atoms with Crippen LogP contribution in [0.2, 0.25) is 0 Å². The number of piperidine rings is 1. The summed E-state index contributed by atoms with van der Waals surface area (Å²) in [5, 5.41) is 16.9. The van der Waals surface area contributed by atoms with Crippen molar-refractivity contribution in [3.8, 4) is 6.07 Å². The fourth-order valence-electron chi connectivity index (χ4n) is 3.52. The molecule has 1 aliphatic heterocycles. The van der Waals surface area contributed by atoms with E-state index in [0.717, 1.165) is 32.4 Å². The van der Waals surface area contributed by atoms with Gasteiger partial charge in [-0.2, -0.15) is 10.4 Å². The Morgan fingerprint density at radius 2 is 2.32 bits per heavy atom. The van der Waals surface area contributed by atoms with Crippen LogP contribution in [0.5, 0.6) is 0 Å². The van der Waals surface area contributed by atoms with Crippen molar-refractivity contribution in [2.45, 2.75) is 38.3 Å². The molecular formula is C19H24FN5. The summed E-state index contributed by atoms with van der Waals surface area (Å²) in [6.45, 7) is 3.76. The second-order valence-electron chi connectivity index (χ2n) is 6.64. The molecular weight excluding hydrogens is 317 g/mol. The van der Waals surface area contributed by atoms with Crippen molar-refractivity contribution >= 4 is 5.69 Å². The first-order chi connectivity index (χ1) is 12.1. The minimum atomic E-state index is -0.320. The van der Waals surface area contributed by atoms with Gasteiger partial charge >= 0.3 is 0 Å². The molecule has 1 aromatic carbocycles. The summed E-state index contributed by atoms with van der Waals surface area (Å²) in [5.41, 5.74) is 2.13. The van der Waals surface area contributed by atoms with Gasteiger partial charge in [0.05, 0.1) is 23.5 Å². The largest absolute Gasteiger partial charge is 0.368 e. The predicted octanol–water partition coefficient (Wildman–Crippen LogP) is 3.14. The van der Waals surface area contributed by atoms with Crippen molar-refractivity contribution in [1.29, 1.82) is 5.26 Å². The number of anilines is 1. The van der Waals surface area contributed by atoms with Gasteiger partial charge in [0.2, 0.25) is 0 Å². The van der Waals surface area contributed by atoms with E-state index in [-0.39, 0.29) is 11.9 Å². The highest BCUT2D eigenvalue weighted by molar-refractivity contribution is 5.51. The van der Waals surface area contributed by atoms with Crippen molar-refractivity contribution in [1.82, 2.24) is 15.1 Å². The molecule has 0 radical (unpaired) electrons. The fraction of sp³-hybridized carbons (Fsp3) is 0.474. The van der Waals surface area contributed by atoms with Gasteiger partial charge in [0.15, 0.2) is 0 Å². The number of nitrogens with one attached hydrogen (secondary N) is 1. The van der Waals surface area contributed by atoms with Crippen molar-refractivity contribution < 1.29 is 4.39 Å². The molecule has 2 aromatic rings. The van der Waals surface area contributed by atoms with Crippen LogP contribution in [-0.2, 0) is 7.05 Å². The van der Waals surface area contributed by atoms with E-state index in [4.69, 9.17) is 5.26 Å². The van der Waals surface area contributed by atoms with Gasteiger partial charge in [0.1, 0.15) is 5.82 Å². The van der Waals surface area contributed by atoms with Gasteiger partial charge in [-0.25, -0.2) is 4.39 Å². The third kappa shape index (κ3) is 3.99. The van der Waals surface area contributed by atoms with Gasteiger partial charge in [-0.1, -0.05) is 6.92 Å². The Balaban J connectivity index is 1.69. The van der Waals surface area contributed by atoms with Crippen LogP contribution in [0.1, 0.15) is 43.4 Å². The van der Waals surface area contributed by atoms with E-state index in [1.807, 2.05) is 30.2 Å². The Morgan fingerprint density at radius 3 is 2.96 bits per heavy atom. The summed E-state index contributed by atoms with van der Waals surface area (Å²) in [6, 6.07) is 7.25. The van der Waals surface area contributed by atoms with Crippen LogP contribution in [0.25, 0.3) is 0 Å². The van der Waals surface area contributed by atoms with E-state index in [2.05, 4.69) is 22.2 Å². The Morgan fingerprint density at radius 1 is 1.48 bits per heavy atom. The van der Waals surface area contributed by atoms with Gasteiger partial charge in [0, 0.05) is 44.0 Å². The number of nitrogens with zero attached hydrogens (tertiary/aromatic N) is 4. The SMILES string of the molecule is CC[C@H](N[C@H]1CCCN(c2ccc(C#N)cc2F)C1)c1cnn(C)c1. The van der Waals surface area contributed by atoms with E-state index in [1.54, 1.807) is 12.1 Å². The Bertz CT molecular complexity index is 763. The van der Waals surface area contributed by atoms with E-state index in [9.17, 15) is 4.39 Å². The lowest BCUT2D eigenvalue weighted by Crippen LogP contribution is -2.47. The van der Waals surface area contributed by atoms with Crippen LogP contribution in [-0.4, -0.2) is 28.9 Å². The minimum Gasteiger partial charge on any atom is -0.368 e. The molecule has 1 fully saturated rings. The van der Waals surface area contributed by atoms with Crippen LogP contribution < -0.4 is 10.2 Å². The Kier molecular flexibility index (Phi) is 5.34. The smallest absolute Gasteiger partial charge is 0.147 e. The number of hydrogen-bond acceptors (Lipinski definition) is 4. The van der Waals surface area contributed by atoms with Gasteiger partial charge in [-0.3, -0.25) is 4.68 Å². The van der Waals surface area contributed by atoms with Gasteiger partial charge in [-0.15, -0.1) is 0 Å². The number of rotatable bonds is 5. The molecule has 1 N–H and O–H groups in total. The highest BCUT2D eigenvalue weighted by atomic mass is 19.1. The number of benzene rings is 1. The molecule has 132 valence electrons. The van der Waals surface area contributed by atoms with Crippen molar-refractivity contribution in [3.05, 3.63) is 47.5 Å².